The lowest BCUT2D eigenvalue weighted by Gasteiger charge is -2.25. The quantitative estimate of drug-likeness (QED) is 0.451. The van der Waals surface area contributed by atoms with Crippen molar-refractivity contribution in [2.45, 2.75) is 25.8 Å². The Kier molecular flexibility index (Phi) is 5.99. The molecule has 2 aromatic rings. The molecule has 0 saturated carbocycles. The fraction of sp³-hybridized carbons (Fsp3) is 0.286. The molecule has 1 aliphatic heterocycles. The first-order valence-electron chi connectivity index (χ1n) is 9.01. The van der Waals surface area contributed by atoms with Crippen molar-refractivity contribution in [3.05, 3.63) is 64.4 Å². The molecule has 0 radical (unpaired) electrons. The van der Waals surface area contributed by atoms with Gasteiger partial charge in [0.1, 0.15) is 11.5 Å². The number of aliphatic hydroxyl groups excluding tert-OH is 1. The number of aromatic nitrogens is 1. The molecule has 6 nitrogen and oxygen atoms in total. The number of carbonyl (C=O) groups is 2. The van der Waals surface area contributed by atoms with Crippen molar-refractivity contribution in [1.29, 1.82) is 0 Å². The first-order chi connectivity index (χ1) is 13.5. The number of halogens is 1. The van der Waals surface area contributed by atoms with Gasteiger partial charge in [-0.05, 0) is 42.3 Å². The van der Waals surface area contributed by atoms with Crippen LogP contribution in [0.4, 0.5) is 0 Å². The minimum atomic E-state index is -0.725. The maximum Gasteiger partial charge on any atom is 0.295 e. The van der Waals surface area contributed by atoms with Crippen LogP contribution in [0.25, 0.3) is 5.76 Å². The summed E-state index contributed by atoms with van der Waals surface area (Å²) < 4.78 is 5.30. The number of aliphatic hydroxyl groups is 1. The second kappa shape index (κ2) is 8.44. The minimum absolute atomic E-state index is 0.0212. The zero-order valence-electron chi connectivity index (χ0n) is 15.7. The van der Waals surface area contributed by atoms with Crippen molar-refractivity contribution in [3.8, 4) is 5.75 Å². The van der Waals surface area contributed by atoms with Gasteiger partial charge in [0.2, 0.25) is 0 Å². The van der Waals surface area contributed by atoms with E-state index in [1.807, 2.05) is 6.92 Å². The lowest BCUT2D eigenvalue weighted by atomic mass is 9.95. The van der Waals surface area contributed by atoms with E-state index in [0.29, 0.717) is 22.9 Å². The molecule has 1 aliphatic rings. The molecule has 1 N–H and O–H groups in total. The number of amides is 1. The largest absolute Gasteiger partial charge is 0.507 e. The van der Waals surface area contributed by atoms with Crippen molar-refractivity contribution in [2.24, 2.45) is 0 Å². The zero-order valence-corrected chi connectivity index (χ0v) is 16.4. The molecule has 7 heteroatoms. The van der Waals surface area contributed by atoms with E-state index in [1.54, 1.807) is 36.7 Å². The summed E-state index contributed by atoms with van der Waals surface area (Å²) in [6.07, 6.45) is 4.80. The van der Waals surface area contributed by atoms with E-state index < -0.39 is 17.7 Å². The molecule has 1 unspecified atom stereocenters. The van der Waals surface area contributed by atoms with Gasteiger partial charge in [0, 0.05) is 24.0 Å². The van der Waals surface area contributed by atoms with Gasteiger partial charge >= 0.3 is 0 Å². The predicted molar refractivity (Wildman–Crippen MR) is 106 cm³/mol. The third kappa shape index (κ3) is 3.60. The summed E-state index contributed by atoms with van der Waals surface area (Å²) in [7, 11) is 1.46. The molecule has 2 heterocycles. The second-order valence-electron chi connectivity index (χ2n) is 6.47. The number of benzene rings is 1. The van der Waals surface area contributed by atoms with Gasteiger partial charge in [-0.2, -0.15) is 0 Å². The zero-order chi connectivity index (χ0) is 20.3. The summed E-state index contributed by atoms with van der Waals surface area (Å²) in [4.78, 5) is 31.1. The average molecular weight is 401 g/mol. The topological polar surface area (TPSA) is 79.7 Å². The number of nitrogens with zero attached hydrogens (tertiary/aromatic N) is 2. The molecule has 1 saturated heterocycles. The first-order valence-corrected chi connectivity index (χ1v) is 9.39. The summed E-state index contributed by atoms with van der Waals surface area (Å²) in [6.45, 7) is 2.42. The number of hydrogen-bond acceptors (Lipinski definition) is 5. The van der Waals surface area contributed by atoms with Gasteiger partial charge in [-0.3, -0.25) is 14.6 Å². The molecule has 1 aromatic heterocycles. The average Bonchev–Trinajstić information content (AvgIpc) is 2.97. The molecule has 0 spiro atoms. The normalized spacial score (nSPS) is 18.5. The number of rotatable bonds is 6. The number of pyridine rings is 1. The van der Waals surface area contributed by atoms with E-state index in [9.17, 15) is 14.7 Å². The van der Waals surface area contributed by atoms with Crippen molar-refractivity contribution < 1.29 is 19.4 Å². The predicted octanol–water partition coefficient (Wildman–Crippen LogP) is 3.97. The third-order valence-corrected chi connectivity index (χ3v) is 4.97. The first kappa shape index (κ1) is 19.9. The molecule has 1 fully saturated rings. The van der Waals surface area contributed by atoms with Crippen LogP contribution in [0.15, 0.2) is 48.3 Å². The monoisotopic (exact) mass is 400 g/mol. The Labute approximate surface area is 168 Å². The Balaban J connectivity index is 2.21. The Morgan fingerprint density at radius 3 is 2.61 bits per heavy atom. The van der Waals surface area contributed by atoms with Gasteiger partial charge in [-0.1, -0.05) is 24.9 Å². The molecule has 146 valence electrons. The molecule has 3 rings (SSSR count). The van der Waals surface area contributed by atoms with E-state index in [4.69, 9.17) is 16.3 Å². The number of hydrogen-bond donors (Lipinski definition) is 1. The third-order valence-electron chi connectivity index (χ3n) is 4.73. The van der Waals surface area contributed by atoms with Crippen LogP contribution >= 0.6 is 11.6 Å². The van der Waals surface area contributed by atoms with E-state index in [1.165, 1.54) is 18.1 Å². The van der Waals surface area contributed by atoms with Crippen LogP contribution in [0.2, 0.25) is 5.02 Å². The number of unbranched alkanes of at least 4 members (excludes halogenated alkanes) is 1. The molecule has 1 aromatic carbocycles. The summed E-state index contributed by atoms with van der Waals surface area (Å²) in [5.41, 5.74) is 0.989. The molecule has 1 atom stereocenters. The molecule has 1 amide bonds. The highest BCUT2D eigenvalue weighted by molar-refractivity contribution is 6.46. The Bertz CT molecular complexity index is 927. The van der Waals surface area contributed by atoms with Gasteiger partial charge < -0.3 is 14.7 Å². The Morgan fingerprint density at radius 1 is 1.25 bits per heavy atom. The lowest BCUT2D eigenvalue weighted by Crippen LogP contribution is -2.30. The van der Waals surface area contributed by atoms with Gasteiger partial charge in [0.25, 0.3) is 11.7 Å². The summed E-state index contributed by atoms with van der Waals surface area (Å²) >= 11 is 6.08. The van der Waals surface area contributed by atoms with E-state index in [0.717, 1.165) is 12.8 Å². The maximum atomic E-state index is 12.9. The highest BCUT2D eigenvalue weighted by atomic mass is 35.5. The summed E-state index contributed by atoms with van der Waals surface area (Å²) in [5.74, 6) is -1.30. The SMILES string of the molecule is CCCCN1C(=O)C(=O)/C(=C(/O)c2cc(Cl)ccc2OC)C1c1ccncc1. The van der Waals surface area contributed by atoms with Crippen LogP contribution in [0.3, 0.4) is 0 Å². The van der Waals surface area contributed by atoms with Crippen LogP contribution in [0, 0.1) is 0 Å². The molecule has 28 heavy (non-hydrogen) atoms. The molecular formula is C21H21ClN2O4. The number of ether oxygens (including phenoxy) is 1. The van der Waals surface area contributed by atoms with E-state index in [-0.39, 0.29) is 16.9 Å². The summed E-state index contributed by atoms with van der Waals surface area (Å²) in [5, 5.41) is 11.4. The Hall–Kier alpha value is -2.86. The van der Waals surface area contributed by atoms with Gasteiger partial charge in [0.15, 0.2) is 0 Å². The highest BCUT2D eigenvalue weighted by Gasteiger charge is 2.46. The van der Waals surface area contributed by atoms with Crippen molar-refractivity contribution in [3.63, 3.8) is 0 Å². The Morgan fingerprint density at radius 2 is 1.96 bits per heavy atom. The second-order valence-corrected chi connectivity index (χ2v) is 6.91. The van der Waals surface area contributed by atoms with Crippen LogP contribution in [-0.2, 0) is 9.59 Å². The van der Waals surface area contributed by atoms with Gasteiger partial charge in [-0.15, -0.1) is 0 Å². The minimum Gasteiger partial charge on any atom is -0.507 e. The van der Waals surface area contributed by atoms with Crippen molar-refractivity contribution >= 4 is 29.1 Å². The molecular weight excluding hydrogens is 380 g/mol. The molecule has 0 bridgehead atoms. The van der Waals surface area contributed by atoms with Gasteiger partial charge in [0.05, 0.1) is 24.3 Å². The fourth-order valence-corrected chi connectivity index (χ4v) is 3.51. The van der Waals surface area contributed by atoms with Crippen molar-refractivity contribution in [2.75, 3.05) is 13.7 Å². The molecule has 0 aliphatic carbocycles. The number of Topliss-reactive ketones (excluding diaryl/α,β-unsaturated/α-hetero) is 1. The number of likely N-dealkylation sites (tertiary alicyclic amines) is 1. The van der Waals surface area contributed by atoms with Crippen LogP contribution < -0.4 is 4.74 Å². The fourth-order valence-electron chi connectivity index (χ4n) is 3.34. The summed E-state index contributed by atoms with van der Waals surface area (Å²) in [6, 6.07) is 7.51. The van der Waals surface area contributed by atoms with Crippen LogP contribution in [0.5, 0.6) is 5.75 Å². The number of carbonyl (C=O) groups excluding carboxylic acids is 2. The smallest absolute Gasteiger partial charge is 0.295 e. The number of ketones is 1. The van der Waals surface area contributed by atoms with Crippen molar-refractivity contribution in [1.82, 2.24) is 9.88 Å². The van der Waals surface area contributed by atoms with Gasteiger partial charge in [-0.25, -0.2) is 0 Å². The lowest BCUT2D eigenvalue weighted by molar-refractivity contribution is -0.139. The van der Waals surface area contributed by atoms with E-state index in [2.05, 4.69) is 4.98 Å². The van der Waals surface area contributed by atoms with Crippen LogP contribution in [-0.4, -0.2) is 40.3 Å². The van der Waals surface area contributed by atoms with E-state index >= 15 is 0 Å². The standard InChI is InChI=1S/C21H21ClN2O4/c1-3-4-11-24-18(13-7-9-23-10-8-13)17(20(26)21(24)27)19(25)15-12-14(22)5-6-16(15)28-2/h5-10,12,18,25H,3-4,11H2,1-2H3/b19-17+. The van der Waals surface area contributed by atoms with Crippen LogP contribution in [0.1, 0.15) is 36.9 Å². The highest BCUT2D eigenvalue weighted by Crippen LogP contribution is 2.41. The maximum absolute atomic E-state index is 12.9. The number of methoxy groups -OCH3 is 1.